The maximum absolute atomic E-state index is 12.9. The number of anilines is 1. The van der Waals surface area contributed by atoms with Gasteiger partial charge in [0.1, 0.15) is 5.82 Å². The number of nitrogens with zero attached hydrogens (tertiary/aromatic N) is 4. The lowest BCUT2D eigenvalue weighted by molar-refractivity contribution is 0.622. The number of rotatable bonds is 3. The molecule has 0 saturated heterocycles. The van der Waals surface area contributed by atoms with Crippen LogP contribution in [0.5, 0.6) is 0 Å². The van der Waals surface area contributed by atoms with Crippen LogP contribution in [-0.4, -0.2) is 20.2 Å². The van der Waals surface area contributed by atoms with Crippen molar-refractivity contribution in [3.8, 4) is 11.4 Å². The number of nitrogen functional groups attached to an aromatic ring is 1. The van der Waals surface area contributed by atoms with Crippen LogP contribution >= 0.6 is 15.9 Å². The maximum atomic E-state index is 12.9. The van der Waals surface area contributed by atoms with Gasteiger partial charge in [0.15, 0.2) is 5.82 Å². The molecule has 7 heteroatoms. The molecule has 0 fully saturated rings. The predicted molar refractivity (Wildman–Crippen MR) is 80.9 cm³/mol. The third kappa shape index (κ3) is 2.92. The zero-order valence-electron chi connectivity index (χ0n) is 10.9. The van der Waals surface area contributed by atoms with Gasteiger partial charge in [0.25, 0.3) is 0 Å². The SMILES string of the molecule is Nc1ccc(Br)c(-c2nnnn2Cc2ccc(F)cc2)c1. The van der Waals surface area contributed by atoms with Crippen molar-refractivity contribution in [2.45, 2.75) is 6.54 Å². The van der Waals surface area contributed by atoms with Gasteiger partial charge in [0.2, 0.25) is 0 Å². The molecule has 0 spiro atoms. The molecular formula is C14H11BrFN5. The second kappa shape index (κ2) is 5.61. The average Bonchev–Trinajstić information content (AvgIpc) is 2.92. The molecule has 0 aliphatic heterocycles. The zero-order valence-corrected chi connectivity index (χ0v) is 12.5. The lowest BCUT2D eigenvalue weighted by Gasteiger charge is -2.07. The normalized spacial score (nSPS) is 10.8. The lowest BCUT2D eigenvalue weighted by Crippen LogP contribution is -2.05. The minimum Gasteiger partial charge on any atom is -0.399 e. The number of benzene rings is 2. The summed E-state index contributed by atoms with van der Waals surface area (Å²) in [5.74, 6) is 0.327. The second-order valence-electron chi connectivity index (χ2n) is 4.53. The van der Waals surface area contributed by atoms with E-state index in [9.17, 15) is 4.39 Å². The van der Waals surface area contributed by atoms with Crippen LogP contribution in [0, 0.1) is 5.82 Å². The van der Waals surface area contributed by atoms with Crippen LogP contribution in [0.2, 0.25) is 0 Å². The van der Waals surface area contributed by atoms with Gasteiger partial charge in [-0.05, 0) is 46.3 Å². The van der Waals surface area contributed by atoms with Crippen LogP contribution in [0.15, 0.2) is 46.9 Å². The van der Waals surface area contributed by atoms with Gasteiger partial charge in [-0.2, -0.15) is 0 Å². The summed E-state index contributed by atoms with van der Waals surface area (Å²) in [6.07, 6.45) is 0. The fraction of sp³-hybridized carbons (Fsp3) is 0.0714. The van der Waals surface area contributed by atoms with Crippen LogP contribution in [0.4, 0.5) is 10.1 Å². The van der Waals surface area contributed by atoms with Gasteiger partial charge >= 0.3 is 0 Å². The zero-order chi connectivity index (χ0) is 14.8. The summed E-state index contributed by atoms with van der Waals surface area (Å²) in [7, 11) is 0. The van der Waals surface area contributed by atoms with Crippen molar-refractivity contribution in [1.82, 2.24) is 20.2 Å². The smallest absolute Gasteiger partial charge is 0.183 e. The van der Waals surface area contributed by atoms with E-state index in [0.29, 0.717) is 18.1 Å². The monoisotopic (exact) mass is 347 g/mol. The first-order valence-corrected chi connectivity index (χ1v) is 6.99. The highest BCUT2D eigenvalue weighted by atomic mass is 79.9. The first kappa shape index (κ1) is 13.7. The van der Waals surface area contributed by atoms with Gasteiger partial charge in [-0.25, -0.2) is 9.07 Å². The predicted octanol–water partition coefficient (Wildman–Crippen LogP) is 2.87. The number of halogens is 2. The molecule has 2 N–H and O–H groups in total. The molecule has 0 aliphatic rings. The van der Waals surface area contributed by atoms with E-state index in [0.717, 1.165) is 15.6 Å². The van der Waals surface area contributed by atoms with Gasteiger partial charge in [-0.15, -0.1) is 5.10 Å². The van der Waals surface area contributed by atoms with Crippen molar-refractivity contribution < 1.29 is 4.39 Å². The number of tetrazole rings is 1. The van der Waals surface area contributed by atoms with E-state index in [1.165, 1.54) is 12.1 Å². The Morgan fingerprint density at radius 3 is 2.67 bits per heavy atom. The Hall–Kier alpha value is -2.28. The third-order valence-corrected chi connectivity index (χ3v) is 3.70. The molecule has 0 amide bonds. The Kier molecular flexibility index (Phi) is 3.66. The number of hydrogen-bond donors (Lipinski definition) is 1. The Bertz CT molecular complexity index is 769. The highest BCUT2D eigenvalue weighted by Gasteiger charge is 2.13. The number of nitrogens with two attached hydrogens (primary N) is 1. The summed E-state index contributed by atoms with van der Waals surface area (Å²) in [5, 5.41) is 11.7. The second-order valence-corrected chi connectivity index (χ2v) is 5.38. The topological polar surface area (TPSA) is 69.6 Å². The van der Waals surface area contributed by atoms with E-state index in [-0.39, 0.29) is 5.82 Å². The summed E-state index contributed by atoms with van der Waals surface area (Å²) < 4.78 is 15.4. The van der Waals surface area contributed by atoms with Crippen LogP contribution in [-0.2, 0) is 6.54 Å². The first-order chi connectivity index (χ1) is 10.1. The van der Waals surface area contributed by atoms with E-state index in [1.54, 1.807) is 28.9 Å². The van der Waals surface area contributed by atoms with Gasteiger partial charge < -0.3 is 5.73 Å². The quantitative estimate of drug-likeness (QED) is 0.739. The summed E-state index contributed by atoms with van der Waals surface area (Å²) >= 11 is 3.47. The summed E-state index contributed by atoms with van der Waals surface area (Å²) in [6, 6.07) is 11.7. The fourth-order valence-corrected chi connectivity index (χ4v) is 2.40. The standard InChI is InChI=1S/C14H11BrFN5/c15-13-6-5-11(17)7-12(13)14-18-19-20-21(14)8-9-1-3-10(16)4-2-9/h1-7H,8,17H2. The first-order valence-electron chi connectivity index (χ1n) is 6.19. The third-order valence-electron chi connectivity index (χ3n) is 3.01. The molecule has 0 radical (unpaired) electrons. The molecule has 5 nitrogen and oxygen atoms in total. The Morgan fingerprint density at radius 2 is 1.90 bits per heavy atom. The van der Waals surface area contributed by atoms with Gasteiger partial charge in [0.05, 0.1) is 6.54 Å². The molecule has 3 aromatic rings. The molecule has 106 valence electrons. The molecule has 1 aromatic heterocycles. The fourth-order valence-electron chi connectivity index (χ4n) is 1.98. The van der Waals surface area contributed by atoms with E-state index in [2.05, 4.69) is 31.5 Å². The molecule has 1 heterocycles. The molecule has 0 saturated carbocycles. The maximum Gasteiger partial charge on any atom is 0.183 e. The average molecular weight is 348 g/mol. The highest BCUT2D eigenvalue weighted by molar-refractivity contribution is 9.10. The lowest BCUT2D eigenvalue weighted by atomic mass is 10.2. The Labute approximate surface area is 128 Å². The summed E-state index contributed by atoms with van der Waals surface area (Å²) in [6.45, 7) is 0.448. The van der Waals surface area contributed by atoms with Gasteiger partial charge in [-0.1, -0.05) is 28.1 Å². The molecule has 21 heavy (non-hydrogen) atoms. The van der Waals surface area contributed by atoms with Crippen LogP contribution in [0.1, 0.15) is 5.56 Å². The molecule has 0 unspecified atom stereocenters. The molecule has 2 aromatic carbocycles. The van der Waals surface area contributed by atoms with Gasteiger partial charge in [0, 0.05) is 15.7 Å². The van der Waals surface area contributed by atoms with E-state index < -0.39 is 0 Å². The van der Waals surface area contributed by atoms with Crippen LogP contribution < -0.4 is 5.73 Å². The largest absolute Gasteiger partial charge is 0.399 e. The number of aromatic nitrogens is 4. The van der Waals surface area contributed by atoms with Crippen molar-refractivity contribution in [2.24, 2.45) is 0 Å². The van der Waals surface area contributed by atoms with E-state index in [4.69, 9.17) is 5.73 Å². The molecule has 0 aliphatic carbocycles. The molecular weight excluding hydrogens is 337 g/mol. The van der Waals surface area contributed by atoms with Gasteiger partial charge in [-0.3, -0.25) is 0 Å². The van der Waals surface area contributed by atoms with E-state index in [1.807, 2.05) is 6.07 Å². The van der Waals surface area contributed by atoms with E-state index >= 15 is 0 Å². The van der Waals surface area contributed by atoms with Crippen LogP contribution in [0.3, 0.4) is 0 Å². The van der Waals surface area contributed by atoms with Crippen molar-refractivity contribution in [3.63, 3.8) is 0 Å². The summed E-state index contributed by atoms with van der Waals surface area (Å²) in [4.78, 5) is 0. The molecule has 0 bridgehead atoms. The Morgan fingerprint density at radius 1 is 1.14 bits per heavy atom. The van der Waals surface area contributed by atoms with Crippen molar-refractivity contribution in [1.29, 1.82) is 0 Å². The van der Waals surface area contributed by atoms with Crippen LogP contribution in [0.25, 0.3) is 11.4 Å². The highest BCUT2D eigenvalue weighted by Crippen LogP contribution is 2.28. The summed E-state index contributed by atoms with van der Waals surface area (Å²) in [5.41, 5.74) is 8.16. The Balaban J connectivity index is 1.97. The minimum absolute atomic E-state index is 0.269. The van der Waals surface area contributed by atoms with Crippen molar-refractivity contribution in [2.75, 3.05) is 5.73 Å². The van der Waals surface area contributed by atoms with Crippen molar-refractivity contribution in [3.05, 3.63) is 58.3 Å². The molecule has 0 atom stereocenters. The molecule has 3 rings (SSSR count). The van der Waals surface area contributed by atoms with Crippen molar-refractivity contribution >= 4 is 21.6 Å². The number of hydrogen-bond acceptors (Lipinski definition) is 4. The minimum atomic E-state index is -0.269.